The summed E-state index contributed by atoms with van der Waals surface area (Å²) in [5, 5.41) is 8.79. The molecule has 0 radical (unpaired) electrons. The van der Waals surface area contributed by atoms with Crippen molar-refractivity contribution in [3.8, 4) is 17.6 Å². The number of rotatable bonds is 5. The highest BCUT2D eigenvalue weighted by molar-refractivity contribution is 5.45. The SMILES string of the molecule is CCC(C)(C)OCc1cc(OC)ccc1C#CCO. The van der Waals surface area contributed by atoms with Crippen LogP contribution in [0.15, 0.2) is 18.2 Å². The molecule has 1 aromatic carbocycles. The number of aliphatic hydroxyl groups is 1. The minimum atomic E-state index is -0.162. The summed E-state index contributed by atoms with van der Waals surface area (Å²) >= 11 is 0. The quantitative estimate of drug-likeness (QED) is 0.829. The van der Waals surface area contributed by atoms with Gasteiger partial charge in [0.25, 0.3) is 0 Å². The van der Waals surface area contributed by atoms with Crippen LogP contribution >= 0.6 is 0 Å². The van der Waals surface area contributed by atoms with Crippen LogP contribution in [0.1, 0.15) is 38.3 Å². The lowest BCUT2D eigenvalue weighted by molar-refractivity contribution is -0.0317. The van der Waals surface area contributed by atoms with Gasteiger partial charge in [0.05, 0.1) is 19.3 Å². The Morgan fingerprint density at radius 1 is 1.32 bits per heavy atom. The van der Waals surface area contributed by atoms with Gasteiger partial charge in [0.15, 0.2) is 0 Å². The van der Waals surface area contributed by atoms with Crippen LogP contribution in [0.2, 0.25) is 0 Å². The van der Waals surface area contributed by atoms with Gasteiger partial charge < -0.3 is 14.6 Å². The van der Waals surface area contributed by atoms with E-state index in [9.17, 15) is 0 Å². The summed E-state index contributed by atoms with van der Waals surface area (Å²) in [6, 6.07) is 5.67. The van der Waals surface area contributed by atoms with E-state index in [1.54, 1.807) is 7.11 Å². The summed E-state index contributed by atoms with van der Waals surface area (Å²) in [5.74, 6) is 6.38. The third kappa shape index (κ3) is 4.94. The van der Waals surface area contributed by atoms with Gasteiger partial charge in [0.2, 0.25) is 0 Å². The Balaban J connectivity index is 2.94. The maximum absolute atomic E-state index is 8.79. The number of ether oxygens (including phenoxy) is 2. The molecule has 0 heterocycles. The van der Waals surface area contributed by atoms with Gasteiger partial charge >= 0.3 is 0 Å². The fraction of sp³-hybridized carbons (Fsp3) is 0.500. The average molecular weight is 262 g/mol. The van der Waals surface area contributed by atoms with Crippen LogP contribution in [-0.2, 0) is 11.3 Å². The first-order valence-corrected chi connectivity index (χ1v) is 6.43. The molecule has 0 amide bonds. The number of benzene rings is 1. The van der Waals surface area contributed by atoms with Crippen molar-refractivity contribution in [2.24, 2.45) is 0 Å². The Bertz CT molecular complexity index is 467. The zero-order valence-electron chi connectivity index (χ0n) is 12.1. The molecule has 0 saturated heterocycles. The van der Waals surface area contributed by atoms with E-state index < -0.39 is 0 Å². The highest BCUT2D eigenvalue weighted by Gasteiger charge is 2.16. The third-order valence-corrected chi connectivity index (χ3v) is 3.08. The molecule has 3 nitrogen and oxygen atoms in total. The molecule has 104 valence electrons. The van der Waals surface area contributed by atoms with Crippen molar-refractivity contribution >= 4 is 0 Å². The van der Waals surface area contributed by atoms with E-state index >= 15 is 0 Å². The topological polar surface area (TPSA) is 38.7 Å². The Kier molecular flexibility index (Phi) is 5.88. The highest BCUT2D eigenvalue weighted by Crippen LogP contribution is 2.21. The van der Waals surface area contributed by atoms with E-state index in [0.29, 0.717) is 6.61 Å². The van der Waals surface area contributed by atoms with E-state index in [1.807, 2.05) is 18.2 Å². The Hall–Kier alpha value is -1.50. The van der Waals surface area contributed by atoms with Crippen molar-refractivity contribution in [3.63, 3.8) is 0 Å². The van der Waals surface area contributed by atoms with Crippen molar-refractivity contribution in [2.45, 2.75) is 39.4 Å². The zero-order valence-corrected chi connectivity index (χ0v) is 12.1. The Morgan fingerprint density at radius 3 is 2.63 bits per heavy atom. The Labute approximate surface area is 115 Å². The van der Waals surface area contributed by atoms with Crippen molar-refractivity contribution in [1.82, 2.24) is 0 Å². The standard InChI is InChI=1S/C16H22O3/c1-5-16(2,3)19-12-14-11-15(18-4)9-8-13(14)7-6-10-17/h8-9,11,17H,5,10,12H2,1-4H3. The molecular formula is C16H22O3. The Morgan fingerprint density at radius 2 is 2.05 bits per heavy atom. The normalized spacial score (nSPS) is 10.8. The monoisotopic (exact) mass is 262 g/mol. The molecule has 3 heteroatoms. The smallest absolute Gasteiger partial charge is 0.119 e. The highest BCUT2D eigenvalue weighted by atomic mass is 16.5. The van der Waals surface area contributed by atoms with E-state index in [4.69, 9.17) is 14.6 Å². The molecule has 0 spiro atoms. The fourth-order valence-electron chi connectivity index (χ4n) is 1.45. The van der Waals surface area contributed by atoms with Gasteiger partial charge in [-0.05, 0) is 44.0 Å². The molecule has 0 unspecified atom stereocenters. The summed E-state index contributed by atoms with van der Waals surface area (Å²) in [7, 11) is 1.63. The molecule has 0 bridgehead atoms. The molecule has 0 aliphatic heterocycles. The van der Waals surface area contributed by atoms with E-state index in [1.165, 1.54) is 0 Å². The molecule has 1 aromatic rings. The van der Waals surface area contributed by atoms with Crippen LogP contribution in [0.5, 0.6) is 5.75 Å². The largest absolute Gasteiger partial charge is 0.497 e. The average Bonchev–Trinajstić information content (AvgIpc) is 2.43. The minimum absolute atomic E-state index is 0.146. The first-order chi connectivity index (χ1) is 9.02. The number of hydrogen-bond acceptors (Lipinski definition) is 3. The maximum atomic E-state index is 8.79. The first kappa shape index (κ1) is 15.6. The molecular weight excluding hydrogens is 240 g/mol. The summed E-state index contributed by atoms with van der Waals surface area (Å²) < 4.78 is 11.1. The lowest BCUT2D eigenvalue weighted by Gasteiger charge is -2.24. The molecule has 0 atom stereocenters. The van der Waals surface area contributed by atoms with Crippen molar-refractivity contribution in [1.29, 1.82) is 0 Å². The second-order valence-electron chi connectivity index (χ2n) is 4.88. The van der Waals surface area contributed by atoms with E-state index in [-0.39, 0.29) is 12.2 Å². The van der Waals surface area contributed by atoms with Crippen LogP contribution in [0.4, 0.5) is 0 Å². The first-order valence-electron chi connectivity index (χ1n) is 6.43. The van der Waals surface area contributed by atoms with E-state index in [0.717, 1.165) is 23.3 Å². The van der Waals surface area contributed by atoms with Gasteiger partial charge in [-0.15, -0.1) is 0 Å². The summed E-state index contributed by atoms with van der Waals surface area (Å²) in [5.41, 5.74) is 1.67. The molecule has 1 rings (SSSR count). The molecule has 0 aliphatic rings. The van der Waals surface area contributed by atoms with Crippen LogP contribution in [0, 0.1) is 11.8 Å². The van der Waals surface area contributed by atoms with Crippen LogP contribution in [0.3, 0.4) is 0 Å². The number of aliphatic hydroxyl groups excluding tert-OH is 1. The fourth-order valence-corrected chi connectivity index (χ4v) is 1.45. The van der Waals surface area contributed by atoms with Crippen LogP contribution in [0.25, 0.3) is 0 Å². The molecule has 0 aliphatic carbocycles. The lowest BCUT2D eigenvalue weighted by Crippen LogP contribution is -2.22. The lowest BCUT2D eigenvalue weighted by atomic mass is 10.1. The van der Waals surface area contributed by atoms with Crippen LogP contribution < -0.4 is 4.74 Å². The maximum Gasteiger partial charge on any atom is 0.119 e. The summed E-state index contributed by atoms with van der Waals surface area (Å²) in [6.45, 7) is 6.55. The third-order valence-electron chi connectivity index (χ3n) is 3.08. The molecule has 0 aromatic heterocycles. The second-order valence-corrected chi connectivity index (χ2v) is 4.88. The predicted octanol–water partition coefficient (Wildman–Crippen LogP) is 2.74. The summed E-state index contributed by atoms with van der Waals surface area (Å²) in [6.07, 6.45) is 0.939. The zero-order chi connectivity index (χ0) is 14.3. The molecule has 1 N–H and O–H groups in total. The summed E-state index contributed by atoms with van der Waals surface area (Å²) in [4.78, 5) is 0. The molecule has 0 fully saturated rings. The number of hydrogen-bond donors (Lipinski definition) is 1. The van der Waals surface area contributed by atoms with Gasteiger partial charge in [-0.1, -0.05) is 18.8 Å². The van der Waals surface area contributed by atoms with Gasteiger partial charge in [-0.3, -0.25) is 0 Å². The van der Waals surface area contributed by atoms with Gasteiger partial charge in [-0.25, -0.2) is 0 Å². The molecule has 0 saturated carbocycles. The minimum Gasteiger partial charge on any atom is -0.497 e. The van der Waals surface area contributed by atoms with Crippen LogP contribution in [-0.4, -0.2) is 24.4 Å². The van der Waals surface area contributed by atoms with Crippen molar-refractivity contribution in [2.75, 3.05) is 13.7 Å². The van der Waals surface area contributed by atoms with E-state index in [2.05, 4.69) is 32.6 Å². The second kappa shape index (κ2) is 7.18. The van der Waals surface area contributed by atoms with Gasteiger partial charge in [0.1, 0.15) is 12.4 Å². The predicted molar refractivity (Wildman–Crippen MR) is 76.1 cm³/mol. The van der Waals surface area contributed by atoms with Gasteiger partial charge in [-0.2, -0.15) is 0 Å². The molecule has 19 heavy (non-hydrogen) atoms. The number of methoxy groups -OCH3 is 1. The van der Waals surface area contributed by atoms with Crippen molar-refractivity contribution < 1.29 is 14.6 Å². The van der Waals surface area contributed by atoms with Crippen molar-refractivity contribution in [3.05, 3.63) is 29.3 Å². The van der Waals surface area contributed by atoms with Gasteiger partial charge in [0, 0.05) is 5.56 Å².